The number of nitrogens with zero attached hydrogens (tertiary/aromatic N) is 2. The smallest absolute Gasteiger partial charge is 0.341 e. The van der Waals surface area contributed by atoms with Crippen LogP contribution in [0, 0.1) is 0 Å². The maximum Gasteiger partial charge on any atom is 0.341 e. The van der Waals surface area contributed by atoms with Crippen molar-refractivity contribution in [1.82, 2.24) is 9.97 Å². The van der Waals surface area contributed by atoms with Crippen LogP contribution in [0.3, 0.4) is 0 Å². The molecule has 0 aromatic carbocycles. The summed E-state index contributed by atoms with van der Waals surface area (Å²) < 4.78 is 9.61. The van der Waals surface area contributed by atoms with Crippen molar-refractivity contribution in [1.29, 1.82) is 0 Å². The number of rotatable bonds is 2. The van der Waals surface area contributed by atoms with Gasteiger partial charge >= 0.3 is 11.9 Å². The van der Waals surface area contributed by atoms with Gasteiger partial charge in [-0.1, -0.05) is 0 Å². The van der Waals surface area contributed by atoms with Crippen LogP contribution in [0.4, 0.5) is 11.4 Å². The van der Waals surface area contributed by atoms with Gasteiger partial charge in [-0.3, -0.25) is 9.97 Å². The third-order valence-electron chi connectivity index (χ3n) is 3.50. The van der Waals surface area contributed by atoms with Crippen molar-refractivity contribution in [3.63, 3.8) is 0 Å². The molecule has 9 nitrogen and oxygen atoms in total. The second kappa shape index (κ2) is 11.4. The molecule has 2 aromatic rings. The van der Waals surface area contributed by atoms with Crippen LogP contribution in [-0.4, -0.2) is 46.8 Å². The van der Waals surface area contributed by atoms with E-state index in [0.717, 1.165) is 6.61 Å². The van der Waals surface area contributed by atoms with Crippen LogP contribution in [0.5, 0.6) is 0 Å². The molecule has 1 aliphatic heterocycles. The van der Waals surface area contributed by atoms with E-state index in [1.54, 1.807) is 6.07 Å². The van der Waals surface area contributed by atoms with E-state index < -0.39 is 11.9 Å². The highest BCUT2D eigenvalue weighted by atomic mass is 16.5. The van der Waals surface area contributed by atoms with E-state index in [1.807, 2.05) is 0 Å². The molecule has 0 saturated carbocycles. The number of aromatic nitrogens is 2. The van der Waals surface area contributed by atoms with Gasteiger partial charge < -0.3 is 26.0 Å². The fraction of sp³-hybridized carbons (Fsp3) is 0.333. The molecule has 0 spiro atoms. The predicted molar refractivity (Wildman–Crippen MR) is 100 cm³/mol. The Morgan fingerprint density at radius 1 is 1.15 bits per heavy atom. The van der Waals surface area contributed by atoms with Gasteiger partial charge in [-0.05, 0) is 31.9 Å². The number of ether oxygens (including phenoxy) is 2. The molecule has 0 radical (unpaired) electrons. The zero-order valence-corrected chi connectivity index (χ0v) is 15.3. The highest BCUT2D eigenvalue weighted by Crippen LogP contribution is 2.10. The Hall–Kier alpha value is -3.20. The van der Waals surface area contributed by atoms with Gasteiger partial charge in [0.25, 0.3) is 0 Å². The second-order valence-electron chi connectivity index (χ2n) is 5.55. The summed E-state index contributed by atoms with van der Waals surface area (Å²) in [7, 11) is 1.30. The first kappa shape index (κ1) is 21.8. The van der Waals surface area contributed by atoms with Gasteiger partial charge in [0.1, 0.15) is 11.1 Å². The summed E-state index contributed by atoms with van der Waals surface area (Å²) in [6.45, 7) is 3.11. The van der Waals surface area contributed by atoms with Gasteiger partial charge in [0.05, 0.1) is 13.2 Å². The number of nitrogens with two attached hydrogens (primary N) is 2. The van der Waals surface area contributed by atoms with E-state index in [2.05, 4.69) is 21.6 Å². The second-order valence-corrected chi connectivity index (χ2v) is 5.55. The molecule has 0 aliphatic carbocycles. The monoisotopic (exact) mass is 376 g/mol. The molecule has 3 rings (SSSR count). The average Bonchev–Trinajstić information content (AvgIpc) is 3.14. The quantitative estimate of drug-likeness (QED) is 0.668. The molecule has 1 unspecified atom stereocenters. The number of anilines is 2. The summed E-state index contributed by atoms with van der Waals surface area (Å²) in [4.78, 5) is 28.5. The van der Waals surface area contributed by atoms with Crippen molar-refractivity contribution in [2.75, 3.05) is 25.2 Å². The maximum absolute atomic E-state index is 10.9. The molecule has 5 N–H and O–H groups in total. The highest BCUT2D eigenvalue weighted by Gasteiger charge is 2.08. The molecular weight excluding hydrogens is 352 g/mol. The molecule has 3 heterocycles. The lowest BCUT2D eigenvalue weighted by atomic mass is 10.2. The van der Waals surface area contributed by atoms with Gasteiger partial charge in [0, 0.05) is 42.8 Å². The van der Waals surface area contributed by atoms with Crippen LogP contribution < -0.4 is 11.5 Å². The zero-order chi connectivity index (χ0) is 20.2. The van der Waals surface area contributed by atoms with Crippen molar-refractivity contribution in [2.45, 2.75) is 25.9 Å². The van der Waals surface area contributed by atoms with Gasteiger partial charge in [-0.15, -0.1) is 0 Å². The Morgan fingerprint density at radius 3 is 2.00 bits per heavy atom. The SMILES string of the molecule is CC1CCCO1.COC(=O)c1cnccc1N.Nc1ccncc1C(=O)O. The lowest BCUT2D eigenvalue weighted by Crippen LogP contribution is -2.05. The summed E-state index contributed by atoms with van der Waals surface area (Å²) in [5.41, 5.74) is 11.7. The molecule has 9 heteroatoms. The lowest BCUT2D eigenvalue weighted by molar-refractivity contribution is 0.0600. The number of nitrogen functional groups attached to an aromatic ring is 2. The van der Waals surface area contributed by atoms with Crippen LogP contribution in [0.25, 0.3) is 0 Å². The van der Waals surface area contributed by atoms with Gasteiger partial charge in [0.15, 0.2) is 0 Å². The molecule has 0 bridgehead atoms. The minimum atomic E-state index is -1.05. The number of carbonyl (C=O) groups excluding carboxylic acids is 1. The summed E-state index contributed by atoms with van der Waals surface area (Å²) in [5, 5.41) is 8.45. The van der Waals surface area contributed by atoms with Crippen molar-refractivity contribution in [3.8, 4) is 0 Å². The van der Waals surface area contributed by atoms with Crippen molar-refractivity contribution >= 4 is 23.3 Å². The molecule has 146 valence electrons. The number of aromatic carboxylic acids is 1. The Bertz CT molecular complexity index is 748. The molecule has 1 aliphatic rings. The molecule has 27 heavy (non-hydrogen) atoms. The molecule has 1 atom stereocenters. The van der Waals surface area contributed by atoms with Gasteiger partial charge in [-0.25, -0.2) is 9.59 Å². The molecular formula is C18H24N4O5. The van der Waals surface area contributed by atoms with Crippen molar-refractivity contribution in [2.24, 2.45) is 0 Å². The Balaban J connectivity index is 0.000000211. The number of hydrogen-bond acceptors (Lipinski definition) is 8. The van der Waals surface area contributed by atoms with Crippen molar-refractivity contribution < 1.29 is 24.2 Å². The molecule has 1 saturated heterocycles. The Morgan fingerprint density at radius 2 is 1.70 bits per heavy atom. The summed E-state index contributed by atoms with van der Waals surface area (Å²) in [5.74, 6) is -1.51. The van der Waals surface area contributed by atoms with Crippen molar-refractivity contribution in [3.05, 3.63) is 48.0 Å². The fourth-order valence-corrected chi connectivity index (χ4v) is 2.01. The normalized spacial score (nSPS) is 14.8. The van der Waals surface area contributed by atoms with E-state index in [0.29, 0.717) is 17.4 Å². The highest BCUT2D eigenvalue weighted by molar-refractivity contribution is 5.94. The summed E-state index contributed by atoms with van der Waals surface area (Å²) >= 11 is 0. The minimum absolute atomic E-state index is 0.0440. The van der Waals surface area contributed by atoms with E-state index in [1.165, 1.54) is 50.8 Å². The first-order chi connectivity index (χ1) is 12.9. The number of methoxy groups -OCH3 is 1. The zero-order valence-electron chi connectivity index (χ0n) is 15.3. The molecule has 0 amide bonds. The largest absolute Gasteiger partial charge is 0.478 e. The third-order valence-corrected chi connectivity index (χ3v) is 3.50. The number of carbonyl (C=O) groups is 2. The number of carboxylic acids is 1. The number of esters is 1. The first-order valence-corrected chi connectivity index (χ1v) is 8.19. The third kappa shape index (κ3) is 7.70. The van der Waals surface area contributed by atoms with Crippen LogP contribution in [-0.2, 0) is 9.47 Å². The average molecular weight is 376 g/mol. The molecule has 2 aromatic heterocycles. The number of pyridine rings is 2. The maximum atomic E-state index is 10.9. The van der Waals surface area contributed by atoms with Crippen LogP contribution >= 0.6 is 0 Å². The van der Waals surface area contributed by atoms with Gasteiger partial charge in [0.2, 0.25) is 0 Å². The summed E-state index contributed by atoms with van der Waals surface area (Å²) in [6.07, 6.45) is 8.63. The lowest BCUT2D eigenvalue weighted by Gasteiger charge is -2.00. The van der Waals surface area contributed by atoms with E-state index >= 15 is 0 Å². The topological polar surface area (TPSA) is 151 Å². The van der Waals surface area contributed by atoms with E-state index in [-0.39, 0.29) is 11.3 Å². The summed E-state index contributed by atoms with van der Waals surface area (Å²) in [6, 6.07) is 3.00. The van der Waals surface area contributed by atoms with Crippen LogP contribution in [0.2, 0.25) is 0 Å². The van der Waals surface area contributed by atoms with E-state index in [9.17, 15) is 9.59 Å². The standard InChI is InChI=1S/C7H8N2O2.C6H6N2O2.C5H10O/c1-11-7(10)5-4-9-3-2-6(5)8;7-5-1-2-8-3-4(5)6(9)10;1-5-3-2-4-6-5/h2-4H,1H3,(H2,8,9);1-3H,(H2,7,8)(H,9,10);5H,2-4H2,1H3. The molecule has 1 fully saturated rings. The number of hydrogen-bond donors (Lipinski definition) is 3. The first-order valence-electron chi connectivity index (χ1n) is 8.19. The predicted octanol–water partition coefficient (Wildman–Crippen LogP) is 2.00. The Kier molecular flexibility index (Phi) is 9.24. The van der Waals surface area contributed by atoms with Crippen LogP contribution in [0.1, 0.15) is 40.5 Å². The number of carboxylic acid groups (broad SMARTS) is 1. The minimum Gasteiger partial charge on any atom is -0.478 e. The van der Waals surface area contributed by atoms with Gasteiger partial charge in [-0.2, -0.15) is 0 Å². The van der Waals surface area contributed by atoms with Crippen LogP contribution in [0.15, 0.2) is 36.9 Å². The van der Waals surface area contributed by atoms with E-state index in [4.69, 9.17) is 21.3 Å². The fourth-order valence-electron chi connectivity index (χ4n) is 2.01. The Labute approximate surface area is 157 Å².